The molecule has 2 fully saturated rings. The summed E-state index contributed by atoms with van der Waals surface area (Å²) < 4.78 is 27.4. The summed E-state index contributed by atoms with van der Waals surface area (Å²) in [6, 6.07) is 15.9. The third kappa shape index (κ3) is 2.58. The van der Waals surface area contributed by atoms with Crippen LogP contribution >= 0.6 is 0 Å². The smallest absolute Gasteiger partial charge is 0.207 e. The van der Waals surface area contributed by atoms with E-state index in [1.807, 2.05) is 19.1 Å². The first-order valence-corrected chi connectivity index (χ1v) is 9.98. The molecule has 24 heavy (non-hydrogen) atoms. The molecule has 0 bridgehead atoms. The Morgan fingerprint density at radius 3 is 2.17 bits per heavy atom. The van der Waals surface area contributed by atoms with Gasteiger partial charge in [-0.3, -0.25) is 0 Å². The summed E-state index contributed by atoms with van der Waals surface area (Å²) in [5.41, 5.74) is 3.86. The number of aryl methyl sites for hydroxylation is 2. The number of sulfonamides is 1. The van der Waals surface area contributed by atoms with Gasteiger partial charge in [0.1, 0.15) is 0 Å². The molecule has 1 heterocycles. The molecule has 1 aliphatic carbocycles. The molecule has 1 spiro atoms. The summed E-state index contributed by atoms with van der Waals surface area (Å²) in [7, 11) is -3.37. The third-order valence-corrected chi connectivity index (χ3v) is 7.54. The summed E-state index contributed by atoms with van der Waals surface area (Å²) in [4.78, 5) is 0.415. The van der Waals surface area contributed by atoms with Gasteiger partial charge in [-0.25, -0.2) is 8.42 Å². The standard InChI is InChI=1S/C20H23NO2S/c1-15-3-7-17(8-4-15)19-13-20(19)11-12-21(14-20)24(22,23)18-9-5-16(2)6-10-18/h3-10,19H,11-14H2,1-2H3/t19-,20+/m0/s1. The van der Waals surface area contributed by atoms with Gasteiger partial charge in [0.15, 0.2) is 0 Å². The summed E-state index contributed by atoms with van der Waals surface area (Å²) in [5, 5.41) is 0. The lowest BCUT2D eigenvalue weighted by Gasteiger charge is -2.17. The molecule has 4 heteroatoms. The van der Waals surface area contributed by atoms with Gasteiger partial charge >= 0.3 is 0 Å². The molecule has 2 aromatic carbocycles. The SMILES string of the molecule is Cc1ccc([C@@H]2C[C@@]23CCN(S(=O)(=O)c2ccc(C)cc2)C3)cc1. The number of hydrogen-bond donors (Lipinski definition) is 0. The largest absolute Gasteiger partial charge is 0.243 e. The highest BCUT2D eigenvalue weighted by Gasteiger charge is 2.59. The average molecular weight is 341 g/mol. The monoisotopic (exact) mass is 341 g/mol. The van der Waals surface area contributed by atoms with Crippen molar-refractivity contribution < 1.29 is 8.42 Å². The van der Waals surface area contributed by atoms with Gasteiger partial charge in [0.05, 0.1) is 4.90 Å². The zero-order valence-corrected chi connectivity index (χ0v) is 15.0. The van der Waals surface area contributed by atoms with E-state index in [4.69, 9.17) is 0 Å². The van der Waals surface area contributed by atoms with Crippen LogP contribution in [0.1, 0.15) is 35.4 Å². The van der Waals surface area contributed by atoms with Crippen molar-refractivity contribution in [1.29, 1.82) is 0 Å². The molecule has 1 saturated heterocycles. The van der Waals surface area contributed by atoms with Crippen LogP contribution in [0.3, 0.4) is 0 Å². The van der Waals surface area contributed by atoms with Gasteiger partial charge in [0.2, 0.25) is 10.0 Å². The molecule has 0 radical (unpaired) electrons. The molecular weight excluding hydrogens is 318 g/mol. The van der Waals surface area contributed by atoms with Crippen molar-refractivity contribution in [3.63, 3.8) is 0 Å². The fourth-order valence-electron chi connectivity index (χ4n) is 3.99. The maximum Gasteiger partial charge on any atom is 0.243 e. The molecule has 1 saturated carbocycles. The first-order chi connectivity index (χ1) is 11.4. The van der Waals surface area contributed by atoms with Crippen molar-refractivity contribution in [3.05, 3.63) is 65.2 Å². The lowest BCUT2D eigenvalue weighted by Crippen LogP contribution is -2.29. The van der Waals surface area contributed by atoms with Crippen LogP contribution in [0.4, 0.5) is 0 Å². The first-order valence-electron chi connectivity index (χ1n) is 8.54. The van der Waals surface area contributed by atoms with Crippen LogP contribution in [0.15, 0.2) is 53.4 Å². The molecule has 2 aliphatic rings. The van der Waals surface area contributed by atoms with E-state index in [9.17, 15) is 8.42 Å². The van der Waals surface area contributed by atoms with Crippen LogP contribution in [-0.4, -0.2) is 25.8 Å². The fourth-order valence-corrected chi connectivity index (χ4v) is 5.53. The highest BCUT2D eigenvalue weighted by Crippen LogP contribution is 2.64. The van der Waals surface area contributed by atoms with Crippen molar-refractivity contribution in [2.45, 2.75) is 37.5 Å². The van der Waals surface area contributed by atoms with Gasteiger partial charge in [-0.2, -0.15) is 4.31 Å². The predicted octanol–water partition coefficient (Wildman–Crippen LogP) is 3.87. The minimum absolute atomic E-state index is 0.160. The van der Waals surface area contributed by atoms with Gasteiger partial charge in [0.25, 0.3) is 0 Å². The Labute approximate surface area is 144 Å². The van der Waals surface area contributed by atoms with Crippen molar-refractivity contribution in [2.75, 3.05) is 13.1 Å². The van der Waals surface area contributed by atoms with Gasteiger partial charge in [-0.05, 0) is 55.7 Å². The van der Waals surface area contributed by atoms with E-state index in [-0.39, 0.29) is 5.41 Å². The fraction of sp³-hybridized carbons (Fsp3) is 0.400. The van der Waals surface area contributed by atoms with E-state index < -0.39 is 10.0 Å². The molecule has 1 aliphatic heterocycles. The Balaban J connectivity index is 1.53. The van der Waals surface area contributed by atoms with E-state index in [1.54, 1.807) is 16.4 Å². The first kappa shape index (κ1) is 15.9. The number of hydrogen-bond acceptors (Lipinski definition) is 2. The van der Waals surface area contributed by atoms with Crippen molar-refractivity contribution in [3.8, 4) is 0 Å². The van der Waals surface area contributed by atoms with E-state index >= 15 is 0 Å². The highest BCUT2D eigenvalue weighted by atomic mass is 32.2. The van der Waals surface area contributed by atoms with Crippen LogP contribution in [0, 0.1) is 19.3 Å². The molecule has 4 rings (SSSR count). The lowest BCUT2D eigenvalue weighted by atomic mass is 9.98. The van der Waals surface area contributed by atoms with Gasteiger partial charge < -0.3 is 0 Å². The van der Waals surface area contributed by atoms with Crippen molar-refractivity contribution in [1.82, 2.24) is 4.31 Å². The molecule has 0 unspecified atom stereocenters. The molecular formula is C20H23NO2S. The van der Waals surface area contributed by atoms with Crippen molar-refractivity contribution >= 4 is 10.0 Å². The molecule has 3 nitrogen and oxygen atoms in total. The topological polar surface area (TPSA) is 37.4 Å². The highest BCUT2D eigenvalue weighted by molar-refractivity contribution is 7.89. The van der Waals surface area contributed by atoms with Gasteiger partial charge in [0, 0.05) is 13.1 Å². The van der Waals surface area contributed by atoms with E-state index in [1.165, 1.54) is 11.1 Å². The van der Waals surface area contributed by atoms with Gasteiger partial charge in [-0.15, -0.1) is 0 Å². The molecule has 0 N–H and O–H groups in total. The Morgan fingerprint density at radius 1 is 0.958 bits per heavy atom. The minimum Gasteiger partial charge on any atom is -0.207 e. The maximum absolute atomic E-state index is 12.9. The maximum atomic E-state index is 12.9. The molecule has 0 amide bonds. The van der Waals surface area contributed by atoms with Crippen LogP contribution in [0.2, 0.25) is 0 Å². The Bertz CT molecular complexity index is 856. The van der Waals surface area contributed by atoms with Crippen LogP contribution in [0.5, 0.6) is 0 Å². The predicted molar refractivity (Wildman–Crippen MR) is 95.5 cm³/mol. The summed E-state index contributed by atoms with van der Waals surface area (Å²) in [6.07, 6.45) is 2.08. The molecule has 126 valence electrons. The second-order valence-corrected chi connectivity index (χ2v) is 9.37. The summed E-state index contributed by atoms with van der Waals surface area (Å²) in [6.45, 7) is 5.36. The third-order valence-electron chi connectivity index (χ3n) is 5.68. The van der Waals surface area contributed by atoms with Crippen LogP contribution < -0.4 is 0 Å². The second kappa shape index (κ2) is 5.43. The molecule has 2 aromatic rings. The number of rotatable bonds is 3. The van der Waals surface area contributed by atoms with Crippen molar-refractivity contribution in [2.24, 2.45) is 5.41 Å². The minimum atomic E-state index is -3.37. The second-order valence-electron chi connectivity index (χ2n) is 7.43. The zero-order chi connectivity index (χ0) is 16.9. The molecule has 2 atom stereocenters. The Morgan fingerprint density at radius 2 is 1.54 bits per heavy atom. The van der Waals surface area contributed by atoms with Crippen LogP contribution in [-0.2, 0) is 10.0 Å². The summed E-state index contributed by atoms with van der Waals surface area (Å²) in [5.74, 6) is 0.510. The zero-order valence-electron chi connectivity index (χ0n) is 14.2. The summed E-state index contributed by atoms with van der Waals surface area (Å²) >= 11 is 0. The van der Waals surface area contributed by atoms with E-state index in [2.05, 4.69) is 31.2 Å². The quantitative estimate of drug-likeness (QED) is 0.850. The van der Waals surface area contributed by atoms with Gasteiger partial charge in [-0.1, -0.05) is 47.5 Å². The van der Waals surface area contributed by atoms with E-state index in [0.717, 1.165) is 18.4 Å². The molecule has 0 aromatic heterocycles. The van der Waals surface area contributed by atoms with Crippen LogP contribution in [0.25, 0.3) is 0 Å². The van der Waals surface area contributed by atoms with E-state index in [0.29, 0.717) is 23.9 Å². The Kier molecular flexibility index (Phi) is 3.59. The number of benzene rings is 2. The Hall–Kier alpha value is -1.65. The normalized spacial score (nSPS) is 26.8. The number of nitrogens with zero attached hydrogens (tertiary/aromatic N) is 1. The average Bonchev–Trinajstić information content (AvgIpc) is 3.07. The lowest BCUT2D eigenvalue weighted by molar-refractivity contribution is 0.445.